The van der Waals surface area contributed by atoms with Crippen LogP contribution >= 0.6 is 0 Å². The molecule has 0 radical (unpaired) electrons. The Hall–Kier alpha value is -0.880. The number of hydrogen-bond donors (Lipinski definition) is 0. The van der Waals surface area contributed by atoms with E-state index in [1.807, 2.05) is 0 Å². The fraction of sp³-hybridized carbons (Fsp3) is 0.700. The van der Waals surface area contributed by atoms with Crippen LogP contribution in [0.4, 0.5) is 0 Å². The zero-order valence-corrected chi connectivity index (χ0v) is 10.3. The van der Waals surface area contributed by atoms with E-state index in [1.165, 1.54) is 0 Å². The fourth-order valence-corrected chi connectivity index (χ4v) is 1.83. The van der Waals surface area contributed by atoms with E-state index in [1.54, 1.807) is 0 Å². The van der Waals surface area contributed by atoms with Gasteiger partial charge in [0.15, 0.2) is 0 Å². The van der Waals surface area contributed by atoms with Crippen molar-refractivity contribution in [1.82, 2.24) is 0 Å². The number of unbranched alkanes of at least 4 members (excludes halogenated alkanes) is 4. The maximum atomic E-state index is 11.1. The maximum Gasteiger partial charge on any atom is 0.366 e. The molecule has 0 atom stereocenters. The lowest BCUT2D eigenvalue weighted by Crippen LogP contribution is -2.13. The minimum absolute atomic E-state index is 0.138. The molecular formula is C10H18O5S. The molecule has 16 heavy (non-hydrogen) atoms. The molecule has 0 fully saturated rings. The van der Waals surface area contributed by atoms with Gasteiger partial charge in [-0.1, -0.05) is 43.5 Å². The first kappa shape index (κ1) is 15.1. The second-order valence-electron chi connectivity index (χ2n) is 3.35. The van der Waals surface area contributed by atoms with Crippen molar-refractivity contribution in [3.05, 3.63) is 12.7 Å². The Labute approximate surface area is 96.5 Å². The number of hydrogen-bond acceptors (Lipinski definition) is 5. The average Bonchev–Trinajstić information content (AvgIpc) is 2.25. The first-order chi connectivity index (χ1) is 7.52. The summed E-state index contributed by atoms with van der Waals surface area (Å²) in [7, 11) is -3.76. The quantitative estimate of drug-likeness (QED) is 0.271. The Balaban J connectivity index is 3.70. The summed E-state index contributed by atoms with van der Waals surface area (Å²) in [4.78, 5) is 14.5. The zero-order chi connectivity index (χ0) is 12.4. The van der Waals surface area contributed by atoms with Gasteiger partial charge >= 0.3 is 16.1 Å². The summed E-state index contributed by atoms with van der Waals surface area (Å²) in [6.07, 6.45) is 5.35. The summed E-state index contributed by atoms with van der Waals surface area (Å²) < 4.78 is 26.3. The first-order valence-electron chi connectivity index (χ1n) is 5.27. The predicted molar refractivity (Wildman–Crippen MR) is 59.9 cm³/mol. The average molecular weight is 250 g/mol. The third-order valence-corrected chi connectivity index (χ3v) is 2.95. The van der Waals surface area contributed by atoms with Gasteiger partial charge in [0, 0.05) is 6.08 Å². The molecule has 0 aromatic carbocycles. The lowest BCUT2D eigenvalue weighted by molar-refractivity contribution is -0.204. The van der Waals surface area contributed by atoms with Crippen LogP contribution in [-0.2, 0) is 24.1 Å². The maximum absolute atomic E-state index is 11.1. The van der Waals surface area contributed by atoms with Gasteiger partial charge in [-0.05, 0) is 6.42 Å². The van der Waals surface area contributed by atoms with Gasteiger partial charge in [-0.25, -0.2) is 4.79 Å². The van der Waals surface area contributed by atoms with Crippen molar-refractivity contribution in [2.75, 3.05) is 5.75 Å². The summed E-state index contributed by atoms with van der Waals surface area (Å²) in [5.74, 6) is -1.06. The van der Waals surface area contributed by atoms with Crippen molar-refractivity contribution >= 4 is 16.1 Å². The lowest BCUT2D eigenvalue weighted by Gasteiger charge is -2.02. The Bertz CT molecular complexity index is 307. The van der Waals surface area contributed by atoms with Gasteiger partial charge in [-0.3, -0.25) is 4.89 Å². The van der Waals surface area contributed by atoms with E-state index in [-0.39, 0.29) is 5.75 Å². The third-order valence-electron chi connectivity index (χ3n) is 1.88. The van der Waals surface area contributed by atoms with Gasteiger partial charge in [-0.2, -0.15) is 8.42 Å². The topological polar surface area (TPSA) is 69.7 Å². The number of rotatable bonds is 9. The van der Waals surface area contributed by atoms with Gasteiger partial charge in [0.05, 0.1) is 5.75 Å². The van der Waals surface area contributed by atoms with Gasteiger partial charge < -0.3 is 0 Å². The summed E-state index contributed by atoms with van der Waals surface area (Å²) in [6.45, 7) is 5.19. The lowest BCUT2D eigenvalue weighted by atomic mass is 10.2. The molecule has 0 amide bonds. The summed E-state index contributed by atoms with van der Waals surface area (Å²) >= 11 is 0. The van der Waals surface area contributed by atoms with E-state index in [4.69, 9.17) is 0 Å². The van der Waals surface area contributed by atoms with E-state index in [9.17, 15) is 13.2 Å². The van der Waals surface area contributed by atoms with Crippen LogP contribution in [0.5, 0.6) is 0 Å². The van der Waals surface area contributed by atoms with Crippen molar-refractivity contribution in [3.8, 4) is 0 Å². The van der Waals surface area contributed by atoms with E-state index in [2.05, 4.69) is 22.7 Å². The summed E-state index contributed by atoms with van der Waals surface area (Å²) in [5, 5.41) is 0. The van der Waals surface area contributed by atoms with Crippen molar-refractivity contribution in [3.63, 3.8) is 0 Å². The largest absolute Gasteiger partial charge is 0.366 e. The molecule has 0 aromatic rings. The second kappa shape index (κ2) is 8.29. The Kier molecular flexibility index (Phi) is 7.84. The van der Waals surface area contributed by atoms with Crippen molar-refractivity contribution < 1.29 is 22.4 Å². The second-order valence-corrected chi connectivity index (χ2v) is 5.01. The summed E-state index contributed by atoms with van der Waals surface area (Å²) in [5.41, 5.74) is 0. The van der Waals surface area contributed by atoms with E-state index in [0.29, 0.717) is 6.42 Å². The van der Waals surface area contributed by atoms with Crippen LogP contribution < -0.4 is 0 Å². The molecule has 6 heteroatoms. The molecule has 0 saturated carbocycles. The van der Waals surface area contributed by atoms with Crippen molar-refractivity contribution in [2.24, 2.45) is 0 Å². The SMILES string of the molecule is C=CC(=O)OOS(=O)(=O)CCCCCCC. The molecule has 0 aromatic heterocycles. The van der Waals surface area contributed by atoms with Crippen LogP contribution in [0.3, 0.4) is 0 Å². The molecular weight excluding hydrogens is 232 g/mol. The van der Waals surface area contributed by atoms with Crippen LogP contribution in [-0.4, -0.2) is 20.1 Å². The number of carbonyl (C=O) groups is 1. The zero-order valence-electron chi connectivity index (χ0n) is 9.48. The first-order valence-corrected chi connectivity index (χ1v) is 6.84. The third kappa shape index (κ3) is 8.43. The molecule has 5 nitrogen and oxygen atoms in total. The molecule has 0 unspecified atom stereocenters. The van der Waals surface area contributed by atoms with Gasteiger partial charge in [0.25, 0.3) is 0 Å². The van der Waals surface area contributed by atoms with Gasteiger partial charge in [-0.15, -0.1) is 0 Å². The van der Waals surface area contributed by atoms with Crippen molar-refractivity contribution in [1.29, 1.82) is 0 Å². The highest BCUT2D eigenvalue weighted by atomic mass is 32.2. The minimum Gasteiger partial charge on any atom is -0.277 e. The van der Waals surface area contributed by atoms with Crippen LogP contribution in [0, 0.1) is 0 Å². The molecule has 0 aliphatic heterocycles. The highest BCUT2D eigenvalue weighted by Crippen LogP contribution is 2.06. The molecule has 0 N–H and O–H groups in total. The Morgan fingerprint density at radius 2 is 1.88 bits per heavy atom. The van der Waals surface area contributed by atoms with Crippen LogP contribution in [0.1, 0.15) is 39.0 Å². The highest BCUT2D eigenvalue weighted by molar-refractivity contribution is 7.86. The van der Waals surface area contributed by atoms with Crippen LogP contribution in [0.15, 0.2) is 12.7 Å². The molecule has 0 saturated heterocycles. The molecule has 0 heterocycles. The molecule has 0 aliphatic carbocycles. The monoisotopic (exact) mass is 250 g/mol. The molecule has 0 bridgehead atoms. The highest BCUT2D eigenvalue weighted by Gasteiger charge is 2.14. The number of carbonyl (C=O) groups excluding carboxylic acids is 1. The van der Waals surface area contributed by atoms with Crippen LogP contribution in [0.2, 0.25) is 0 Å². The van der Waals surface area contributed by atoms with E-state index >= 15 is 0 Å². The van der Waals surface area contributed by atoms with E-state index in [0.717, 1.165) is 31.8 Å². The van der Waals surface area contributed by atoms with Gasteiger partial charge in [0.2, 0.25) is 0 Å². The molecule has 0 spiro atoms. The fourth-order valence-electron chi connectivity index (χ4n) is 1.04. The molecule has 94 valence electrons. The van der Waals surface area contributed by atoms with Crippen LogP contribution in [0.25, 0.3) is 0 Å². The predicted octanol–water partition coefficient (Wildman–Crippen LogP) is 1.95. The standard InChI is InChI=1S/C10H18O5S/c1-3-5-6-7-8-9-16(12,13)15-14-10(11)4-2/h4H,2-3,5-9H2,1H3. The summed E-state index contributed by atoms with van der Waals surface area (Å²) in [6, 6.07) is 0. The minimum atomic E-state index is -3.76. The normalized spacial score (nSPS) is 11.1. The van der Waals surface area contributed by atoms with Gasteiger partial charge in [0.1, 0.15) is 0 Å². The molecule has 0 aliphatic rings. The smallest absolute Gasteiger partial charge is 0.277 e. The Morgan fingerprint density at radius 1 is 1.25 bits per heavy atom. The molecule has 0 rings (SSSR count). The van der Waals surface area contributed by atoms with E-state index < -0.39 is 16.1 Å². The van der Waals surface area contributed by atoms with Crippen molar-refractivity contribution in [2.45, 2.75) is 39.0 Å². The Morgan fingerprint density at radius 3 is 2.44 bits per heavy atom.